The fourth-order valence-electron chi connectivity index (χ4n) is 4.12. The van der Waals surface area contributed by atoms with E-state index in [1.807, 2.05) is 26.0 Å². The highest BCUT2D eigenvalue weighted by atomic mass is 16.2. The third-order valence-corrected chi connectivity index (χ3v) is 5.63. The van der Waals surface area contributed by atoms with Crippen LogP contribution in [0.2, 0.25) is 0 Å². The average Bonchev–Trinajstić information content (AvgIpc) is 3.11. The van der Waals surface area contributed by atoms with Crippen LogP contribution in [0.15, 0.2) is 18.2 Å². The Morgan fingerprint density at radius 1 is 1.25 bits per heavy atom. The molecule has 1 aliphatic carbocycles. The number of hydrogen-bond acceptors (Lipinski definition) is 3. The highest BCUT2D eigenvalue weighted by Gasteiger charge is 2.43. The van der Waals surface area contributed by atoms with Crippen LogP contribution in [-0.4, -0.2) is 47.8 Å². The van der Waals surface area contributed by atoms with Gasteiger partial charge in [0.15, 0.2) is 0 Å². The normalized spacial score (nSPS) is 25.7. The summed E-state index contributed by atoms with van der Waals surface area (Å²) in [5, 5.41) is 0. The van der Waals surface area contributed by atoms with E-state index in [9.17, 15) is 9.59 Å². The van der Waals surface area contributed by atoms with E-state index < -0.39 is 5.91 Å². The monoisotopic (exact) mass is 329 g/mol. The first kappa shape index (κ1) is 17.0. The molecule has 0 radical (unpaired) electrons. The van der Waals surface area contributed by atoms with Gasteiger partial charge < -0.3 is 15.5 Å². The molecule has 1 saturated carbocycles. The molecule has 0 spiro atoms. The van der Waals surface area contributed by atoms with Gasteiger partial charge >= 0.3 is 11.8 Å². The number of nitrogens with zero attached hydrogens (tertiary/aromatic N) is 2. The fourth-order valence-corrected chi connectivity index (χ4v) is 4.12. The molecule has 5 heteroatoms. The minimum atomic E-state index is -0.427. The molecular formula is C19H27N3O2. The second-order valence-electron chi connectivity index (χ2n) is 7.47. The number of rotatable bonds is 2. The van der Waals surface area contributed by atoms with Crippen LogP contribution in [0.25, 0.3) is 0 Å². The first-order valence-corrected chi connectivity index (χ1v) is 8.73. The standard InChI is InChI=1S/C19H27N3O2/c1-12-4-5-14(13(2)8-12)9-21(3)18(23)19(24)22-10-15-6-7-17(20)16(15)11-22/h4-5,8,15-17H,6-7,9-11,20H2,1-3H3. The Bertz CT molecular complexity index is 658. The van der Waals surface area contributed by atoms with Crippen LogP contribution in [-0.2, 0) is 16.1 Å². The average molecular weight is 329 g/mol. The Hall–Kier alpha value is -1.88. The van der Waals surface area contributed by atoms with Crippen molar-refractivity contribution in [2.24, 2.45) is 17.6 Å². The molecule has 3 atom stereocenters. The molecule has 5 nitrogen and oxygen atoms in total. The molecule has 2 aliphatic rings. The molecule has 1 saturated heterocycles. The van der Waals surface area contributed by atoms with E-state index in [0.717, 1.165) is 24.0 Å². The second-order valence-corrected chi connectivity index (χ2v) is 7.47. The molecule has 1 aliphatic heterocycles. The zero-order valence-corrected chi connectivity index (χ0v) is 14.8. The quantitative estimate of drug-likeness (QED) is 0.835. The number of hydrogen-bond donors (Lipinski definition) is 1. The molecule has 1 heterocycles. The molecule has 2 amide bonds. The highest BCUT2D eigenvalue weighted by Crippen LogP contribution is 2.37. The van der Waals surface area contributed by atoms with Crippen LogP contribution in [0.4, 0.5) is 0 Å². The SMILES string of the molecule is Cc1ccc(CN(C)C(=O)C(=O)N2CC3CCC(N)C3C2)c(C)c1. The molecule has 2 N–H and O–H groups in total. The molecule has 0 bridgehead atoms. The highest BCUT2D eigenvalue weighted by molar-refractivity contribution is 6.34. The minimum Gasteiger partial charge on any atom is -0.334 e. The molecular weight excluding hydrogens is 302 g/mol. The number of amides is 2. The van der Waals surface area contributed by atoms with Crippen molar-refractivity contribution >= 4 is 11.8 Å². The molecule has 130 valence electrons. The van der Waals surface area contributed by atoms with E-state index in [1.54, 1.807) is 11.9 Å². The molecule has 3 rings (SSSR count). The summed E-state index contributed by atoms with van der Waals surface area (Å²) in [5.74, 6) is 0.0279. The van der Waals surface area contributed by atoms with Gasteiger partial charge in [-0.3, -0.25) is 9.59 Å². The lowest BCUT2D eigenvalue weighted by molar-refractivity contribution is -0.150. The molecule has 3 unspecified atom stereocenters. The van der Waals surface area contributed by atoms with E-state index in [0.29, 0.717) is 31.5 Å². The number of likely N-dealkylation sites (N-methyl/N-ethyl adjacent to an activating group) is 1. The third-order valence-electron chi connectivity index (χ3n) is 5.63. The maximum atomic E-state index is 12.5. The van der Waals surface area contributed by atoms with Crippen molar-refractivity contribution in [3.8, 4) is 0 Å². The van der Waals surface area contributed by atoms with Gasteiger partial charge in [-0.1, -0.05) is 23.8 Å². The van der Waals surface area contributed by atoms with Crippen molar-refractivity contribution in [3.05, 3.63) is 34.9 Å². The number of aryl methyl sites for hydroxylation is 2. The Labute approximate surface area is 143 Å². The number of benzene rings is 1. The summed E-state index contributed by atoms with van der Waals surface area (Å²) in [4.78, 5) is 28.3. The lowest BCUT2D eigenvalue weighted by Crippen LogP contribution is -2.43. The van der Waals surface area contributed by atoms with Crippen LogP contribution in [0, 0.1) is 25.7 Å². The summed E-state index contributed by atoms with van der Waals surface area (Å²) in [7, 11) is 1.70. The van der Waals surface area contributed by atoms with Gasteiger partial charge in [-0.15, -0.1) is 0 Å². The van der Waals surface area contributed by atoms with Crippen molar-refractivity contribution in [2.45, 2.75) is 39.3 Å². The van der Waals surface area contributed by atoms with Crippen molar-refractivity contribution in [2.75, 3.05) is 20.1 Å². The molecule has 24 heavy (non-hydrogen) atoms. The van der Waals surface area contributed by atoms with Crippen molar-refractivity contribution in [3.63, 3.8) is 0 Å². The lowest BCUT2D eigenvalue weighted by Gasteiger charge is -2.23. The maximum Gasteiger partial charge on any atom is 0.312 e. The van der Waals surface area contributed by atoms with E-state index in [4.69, 9.17) is 5.73 Å². The third kappa shape index (κ3) is 3.18. The number of likely N-dealkylation sites (tertiary alicyclic amines) is 1. The minimum absolute atomic E-state index is 0.177. The van der Waals surface area contributed by atoms with Crippen molar-refractivity contribution in [1.29, 1.82) is 0 Å². The zero-order valence-electron chi connectivity index (χ0n) is 14.8. The van der Waals surface area contributed by atoms with Gasteiger partial charge in [-0.05, 0) is 49.7 Å². The van der Waals surface area contributed by atoms with Crippen LogP contribution in [0.5, 0.6) is 0 Å². The van der Waals surface area contributed by atoms with E-state index >= 15 is 0 Å². The summed E-state index contributed by atoms with van der Waals surface area (Å²) in [5.41, 5.74) is 9.53. The first-order valence-electron chi connectivity index (χ1n) is 8.73. The number of fused-ring (bicyclic) bond motifs is 1. The molecule has 1 aromatic carbocycles. The van der Waals surface area contributed by atoms with Gasteiger partial charge in [0.25, 0.3) is 0 Å². The summed E-state index contributed by atoms with van der Waals surface area (Å²) < 4.78 is 0. The maximum absolute atomic E-state index is 12.5. The molecule has 0 aromatic heterocycles. The smallest absolute Gasteiger partial charge is 0.312 e. The number of carbonyl (C=O) groups excluding carboxylic acids is 2. The number of nitrogens with two attached hydrogens (primary N) is 1. The van der Waals surface area contributed by atoms with Crippen LogP contribution in [0.3, 0.4) is 0 Å². The van der Waals surface area contributed by atoms with E-state index in [-0.39, 0.29) is 11.9 Å². The number of carbonyl (C=O) groups is 2. The second kappa shape index (κ2) is 6.55. The summed E-state index contributed by atoms with van der Waals surface area (Å²) in [6.07, 6.45) is 2.11. The summed E-state index contributed by atoms with van der Waals surface area (Å²) in [6.45, 7) is 5.85. The van der Waals surface area contributed by atoms with Gasteiger partial charge in [0, 0.05) is 32.7 Å². The van der Waals surface area contributed by atoms with Gasteiger partial charge in [-0.25, -0.2) is 0 Å². The van der Waals surface area contributed by atoms with Crippen LogP contribution in [0.1, 0.15) is 29.5 Å². The predicted octanol–water partition coefficient (Wildman–Crippen LogP) is 1.46. The predicted molar refractivity (Wildman–Crippen MR) is 93.2 cm³/mol. The van der Waals surface area contributed by atoms with Crippen molar-refractivity contribution in [1.82, 2.24) is 9.80 Å². The van der Waals surface area contributed by atoms with Crippen LogP contribution >= 0.6 is 0 Å². The Kier molecular flexibility index (Phi) is 4.63. The van der Waals surface area contributed by atoms with Gasteiger partial charge in [0.1, 0.15) is 0 Å². The first-order chi connectivity index (χ1) is 11.4. The van der Waals surface area contributed by atoms with Crippen molar-refractivity contribution < 1.29 is 9.59 Å². The Morgan fingerprint density at radius 3 is 2.67 bits per heavy atom. The summed E-state index contributed by atoms with van der Waals surface area (Å²) in [6, 6.07) is 6.33. The fraction of sp³-hybridized carbons (Fsp3) is 0.579. The molecule has 1 aromatic rings. The molecule has 2 fully saturated rings. The summed E-state index contributed by atoms with van der Waals surface area (Å²) >= 11 is 0. The van der Waals surface area contributed by atoms with Gasteiger partial charge in [0.2, 0.25) is 0 Å². The largest absolute Gasteiger partial charge is 0.334 e. The van der Waals surface area contributed by atoms with Crippen LogP contribution < -0.4 is 5.73 Å². The van der Waals surface area contributed by atoms with Gasteiger partial charge in [-0.2, -0.15) is 0 Å². The lowest BCUT2D eigenvalue weighted by atomic mass is 9.98. The zero-order chi connectivity index (χ0) is 17.4. The topological polar surface area (TPSA) is 66.6 Å². The van der Waals surface area contributed by atoms with E-state index in [1.165, 1.54) is 10.5 Å². The Morgan fingerprint density at radius 2 is 2.00 bits per heavy atom. The van der Waals surface area contributed by atoms with E-state index in [2.05, 4.69) is 6.07 Å². The van der Waals surface area contributed by atoms with Gasteiger partial charge in [0.05, 0.1) is 0 Å². The Balaban J connectivity index is 1.62.